The fourth-order valence-electron chi connectivity index (χ4n) is 0.470. The molecular weight excluding hydrogens is 295 g/mol. The predicted molar refractivity (Wildman–Crippen MR) is 46.5 cm³/mol. The van der Waals surface area contributed by atoms with Gasteiger partial charge >= 0.3 is 22.1 Å². The van der Waals surface area contributed by atoms with E-state index in [-0.39, 0.29) is 42.8 Å². The summed E-state index contributed by atoms with van der Waals surface area (Å²) in [5, 5.41) is 0. The van der Waals surface area contributed by atoms with Gasteiger partial charge < -0.3 is 0 Å². The van der Waals surface area contributed by atoms with Crippen LogP contribution in [0.2, 0.25) is 0 Å². The van der Waals surface area contributed by atoms with Crippen LogP contribution in [0, 0.1) is 13.0 Å². The maximum absolute atomic E-state index is 9.62. The summed E-state index contributed by atoms with van der Waals surface area (Å²) in [5.41, 5.74) is 1.29. The Bertz CT molecular complexity index is 144. The van der Waals surface area contributed by atoms with Crippen LogP contribution in [0.15, 0.2) is 24.3 Å². The standard InChI is InChI=1S/C7H7.FH.HI.Zn/c1-7-5-3-2-4-6-7;;;/h3-6H,1H3;2*1H;/q-1;;;+2/p-1. The van der Waals surface area contributed by atoms with E-state index in [0.29, 0.717) is 0 Å². The van der Waals surface area contributed by atoms with Gasteiger partial charge in [0, 0.05) is 0 Å². The molecular formula is C7H8FIZn. The summed E-state index contributed by atoms with van der Waals surface area (Å²) >= 11 is -0.125. The normalized spacial score (nSPS) is 6.80. The number of aryl methyl sites for hydroxylation is 1. The second-order valence-electron chi connectivity index (χ2n) is 1.58. The van der Waals surface area contributed by atoms with Gasteiger partial charge in [-0.1, -0.05) is 6.92 Å². The van der Waals surface area contributed by atoms with Gasteiger partial charge in [0.1, 0.15) is 0 Å². The second-order valence-corrected chi connectivity index (χ2v) is 1.58. The number of benzene rings is 1. The fraction of sp³-hybridized carbons (Fsp3) is 0.143. The molecule has 0 atom stereocenters. The molecule has 0 nitrogen and oxygen atoms in total. The van der Waals surface area contributed by atoms with Crippen LogP contribution < -0.4 is 0 Å². The minimum absolute atomic E-state index is 0. The van der Waals surface area contributed by atoms with Gasteiger partial charge in [-0.05, 0) is 0 Å². The number of hydrogen-bond acceptors (Lipinski definition) is 0. The van der Waals surface area contributed by atoms with E-state index in [4.69, 9.17) is 0 Å². The van der Waals surface area contributed by atoms with Gasteiger partial charge in [-0.25, -0.2) is 0 Å². The van der Waals surface area contributed by atoms with Gasteiger partial charge in [0.25, 0.3) is 0 Å². The van der Waals surface area contributed by atoms with Crippen LogP contribution in [-0.4, -0.2) is 0 Å². The Morgan fingerprint density at radius 3 is 1.90 bits per heavy atom. The Hall–Kier alpha value is 0.503. The average molecular weight is 303 g/mol. The molecule has 0 amide bonds. The van der Waals surface area contributed by atoms with Gasteiger partial charge in [-0.15, -0.1) is 24.0 Å². The van der Waals surface area contributed by atoms with E-state index < -0.39 is 0 Å². The first-order valence-corrected chi connectivity index (χ1v) is 3.71. The van der Waals surface area contributed by atoms with Crippen molar-refractivity contribution in [1.82, 2.24) is 0 Å². The van der Waals surface area contributed by atoms with Crippen LogP contribution in [0.5, 0.6) is 0 Å². The molecule has 10 heavy (non-hydrogen) atoms. The van der Waals surface area contributed by atoms with E-state index in [2.05, 4.69) is 13.0 Å². The van der Waals surface area contributed by atoms with E-state index in [1.54, 1.807) is 0 Å². The molecule has 0 N–H and O–H groups in total. The first-order valence-electron chi connectivity index (χ1n) is 2.59. The summed E-state index contributed by atoms with van der Waals surface area (Å²) in [4.78, 5) is 0. The number of hydrogen-bond donors (Lipinski definition) is 0. The molecule has 52 valence electrons. The molecule has 0 aliphatic rings. The van der Waals surface area contributed by atoms with Crippen LogP contribution >= 0.6 is 24.0 Å². The molecule has 1 aromatic rings. The van der Waals surface area contributed by atoms with Crippen molar-refractivity contribution in [3.63, 3.8) is 0 Å². The zero-order valence-corrected chi connectivity index (χ0v) is 11.1. The topological polar surface area (TPSA) is 0 Å². The van der Waals surface area contributed by atoms with Crippen molar-refractivity contribution in [2.45, 2.75) is 6.92 Å². The second kappa shape index (κ2) is 9.50. The predicted octanol–water partition coefficient (Wildman–Crippen LogP) is 2.83. The molecule has 3 heteroatoms. The molecule has 0 radical (unpaired) electrons. The summed E-state index contributed by atoms with van der Waals surface area (Å²) < 4.78 is 9.62. The third kappa shape index (κ3) is 6.62. The zero-order valence-electron chi connectivity index (χ0n) is 5.80. The van der Waals surface area contributed by atoms with E-state index in [1.165, 1.54) is 5.56 Å². The number of rotatable bonds is 0. The first kappa shape index (κ1) is 13.1. The summed E-state index contributed by atoms with van der Waals surface area (Å²) in [6.07, 6.45) is 0. The van der Waals surface area contributed by atoms with E-state index >= 15 is 0 Å². The third-order valence-electron chi connectivity index (χ3n) is 0.885. The molecule has 0 aliphatic carbocycles. The van der Waals surface area contributed by atoms with E-state index in [0.717, 1.165) is 0 Å². The summed E-state index contributed by atoms with van der Waals surface area (Å²) in [6, 6.07) is 10.8. The van der Waals surface area contributed by atoms with Gasteiger partial charge in [0.15, 0.2) is 0 Å². The molecule has 0 aliphatic heterocycles. The van der Waals surface area contributed by atoms with Crippen molar-refractivity contribution in [2.24, 2.45) is 0 Å². The molecule has 0 saturated heterocycles. The van der Waals surface area contributed by atoms with Crippen molar-refractivity contribution >= 4 is 24.0 Å². The molecule has 0 fully saturated rings. The fourth-order valence-corrected chi connectivity index (χ4v) is 0.470. The Labute approximate surface area is 88.5 Å². The molecule has 1 rings (SSSR count). The molecule has 0 heterocycles. The van der Waals surface area contributed by atoms with Crippen LogP contribution in [0.4, 0.5) is 3.32 Å². The summed E-state index contributed by atoms with van der Waals surface area (Å²) in [7, 11) is 0. The molecule has 0 spiro atoms. The Kier molecular flexibility index (Phi) is 12.5. The molecule has 1 aromatic carbocycles. The Morgan fingerprint density at radius 2 is 1.70 bits per heavy atom. The van der Waals surface area contributed by atoms with Crippen molar-refractivity contribution in [1.29, 1.82) is 0 Å². The van der Waals surface area contributed by atoms with Gasteiger partial charge in [-0.2, -0.15) is 35.9 Å². The SMILES string of the molecule is Cc1cc[c-]cc1.I.[F][Zn+]. The van der Waals surface area contributed by atoms with Crippen molar-refractivity contribution in [3.05, 3.63) is 35.9 Å². The molecule has 0 unspecified atom stereocenters. The van der Waals surface area contributed by atoms with Crippen LogP contribution in [0.3, 0.4) is 0 Å². The third-order valence-corrected chi connectivity index (χ3v) is 0.885. The Morgan fingerprint density at radius 1 is 1.30 bits per heavy atom. The summed E-state index contributed by atoms with van der Waals surface area (Å²) in [5.74, 6) is 0. The Balaban J connectivity index is 0. The van der Waals surface area contributed by atoms with Gasteiger partial charge in [0.05, 0.1) is 0 Å². The van der Waals surface area contributed by atoms with E-state index in [1.807, 2.05) is 24.3 Å². The monoisotopic (exact) mass is 302 g/mol. The molecule has 0 bridgehead atoms. The molecule has 0 saturated carbocycles. The van der Waals surface area contributed by atoms with Crippen LogP contribution in [0.1, 0.15) is 5.56 Å². The minimum atomic E-state index is -0.125. The van der Waals surface area contributed by atoms with Gasteiger partial charge in [-0.3, -0.25) is 0 Å². The average Bonchev–Trinajstić information content (AvgIpc) is 1.94. The van der Waals surface area contributed by atoms with Crippen LogP contribution in [0.25, 0.3) is 0 Å². The summed E-state index contributed by atoms with van der Waals surface area (Å²) in [6.45, 7) is 2.06. The number of halogens is 2. The first-order chi connectivity index (χ1) is 4.39. The van der Waals surface area contributed by atoms with Gasteiger partial charge in [0.2, 0.25) is 0 Å². The van der Waals surface area contributed by atoms with Crippen LogP contribution in [-0.2, 0) is 18.8 Å². The van der Waals surface area contributed by atoms with Crippen molar-refractivity contribution in [3.8, 4) is 0 Å². The molecule has 0 aromatic heterocycles. The van der Waals surface area contributed by atoms with Crippen molar-refractivity contribution in [2.75, 3.05) is 0 Å². The quantitative estimate of drug-likeness (QED) is 0.393. The zero-order chi connectivity index (χ0) is 7.11. The van der Waals surface area contributed by atoms with E-state index in [9.17, 15) is 3.32 Å². The van der Waals surface area contributed by atoms with Crippen molar-refractivity contribution < 1.29 is 22.1 Å². The maximum atomic E-state index is 9.62.